The number of aromatic nitrogens is 1. The number of carboxylic acid groups (broad SMARTS) is 1. The van der Waals surface area contributed by atoms with Crippen LogP contribution < -0.4 is 4.72 Å². The van der Waals surface area contributed by atoms with Gasteiger partial charge in [-0.1, -0.05) is 28.4 Å². The first-order valence-corrected chi connectivity index (χ1v) is 7.19. The predicted octanol–water partition coefficient (Wildman–Crippen LogP) is 2.48. The quantitative estimate of drug-likeness (QED) is 0.887. The molecule has 10 heteroatoms. The van der Waals surface area contributed by atoms with Gasteiger partial charge in [0.1, 0.15) is 16.8 Å². The molecule has 0 aliphatic heterocycles. The highest BCUT2D eigenvalue weighted by molar-refractivity contribution is 7.92. The first kappa shape index (κ1) is 14.6. The monoisotopic (exact) mass is 336 g/mol. The summed E-state index contributed by atoms with van der Waals surface area (Å²) in [6, 6.07) is 2.11. The first-order valence-electron chi connectivity index (χ1n) is 4.96. The summed E-state index contributed by atoms with van der Waals surface area (Å²) in [7, 11) is -4.12. The Hall–Kier alpha value is -1.77. The number of hydrogen-bond acceptors (Lipinski definition) is 5. The van der Waals surface area contributed by atoms with Crippen molar-refractivity contribution in [1.82, 2.24) is 5.16 Å². The van der Waals surface area contributed by atoms with Crippen LogP contribution in [0, 0.1) is 0 Å². The van der Waals surface area contributed by atoms with E-state index in [1.54, 1.807) is 0 Å². The van der Waals surface area contributed by atoms with Gasteiger partial charge in [-0.2, -0.15) is 0 Å². The molecule has 2 aromatic rings. The molecule has 0 fully saturated rings. The lowest BCUT2D eigenvalue weighted by Crippen LogP contribution is -2.14. The molecule has 2 rings (SSSR count). The molecule has 0 spiro atoms. The molecule has 0 unspecified atom stereocenters. The SMILES string of the molecule is O=C(O)c1cc(Cl)cc(S(=O)(=O)Nc2cnoc2)c1Cl. The maximum Gasteiger partial charge on any atom is 0.337 e. The summed E-state index contributed by atoms with van der Waals surface area (Å²) in [6.45, 7) is 0. The lowest BCUT2D eigenvalue weighted by Gasteiger charge is -2.09. The fourth-order valence-corrected chi connectivity index (χ4v) is 3.31. The van der Waals surface area contributed by atoms with Crippen LogP contribution in [0.3, 0.4) is 0 Å². The van der Waals surface area contributed by atoms with Gasteiger partial charge in [0.2, 0.25) is 0 Å². The molecule has 20 heavy (non-hydrogen) atoms. The fourth-order valence-electron chi connectivity index (χ4n) is 1.38. The lowest BCUT2D eigenvalue weighted by molar-refractivity contribution is 0.0697. The summed E-state index contributed by atoms with van der Waals surface area (Å²) in [4.78, 5) is 10.5. The maximum atomic E-state index is 12.1. The molecule has 0 saturated carbocycles. The number of rotatable bonds is 4. The number of carbonyl (C=O) groups is 1. The molecule has 1 heterocycles. The third-order valence-electron chi connectivity index (χ3n) is 2.21. The van der Waals surface area contributed by atoms with Crippen LogP contribution in [0.2, 0.25) is 10.0 Å². The molecule has 2 N–H and O–H groups in total. The molecule has 7 nitrogen and oxygen atoms in total. The van der Waals surface area contributed by atoms with Gasteiger partial charge in [-0.05, 0) is 12.1 Å². The normalized spacial score (nSPS) is 11.3. The Bertz CT molecular complexity index is 758. The third kappa shape index (κ3) is 2.87. The predicted molar refractivity (Wildman–Crippen MR) is 70.7 cm³/mol. The highest BCUT2D eigenvalue weighted by atomic mass is 35.5. The topological polar surface area (TPSA) is 110 Å². The average molecular weight is 337 g/mol. The van der Waals surface area contributed by atoms with Crippen molar-refractivity contribution in [1.29, 1.82) is 0 Å². The summed E-state index contributed by atoms with van der Waals surface area (Å²) in [5.41, 5.74) is -0.345. The van der Waals surface area contributed by atoms with Gasteiger partial charge in [0, 0.05) is 5.02 Å². The van der Waals surface area contributed by atoms with E-state index in [2.05, 4.69) is 14.4 Å². The van der Waals surface area contributed by atoms with E-state index in [4.69, 9.17) is 28.3 Å². The number of anilines is 1. The van der Waals surface area contributed by atoms with Crippen LogP contribution >= 0.6 is 23.2 Å². The Morgan fingerprint density at radius 3 is 2.60 bits per heavy atom. The van der Waals surface area contributed by atoms with E-state index in [1.165, 1.54) is 0 Å². The minimum Gasteiger partial charge on any atom is -0.478 e. The van der Waals surface area contributed by atoms with Gasteiger partial charge in [0.25, 0.3) is 10.0 Å². The lowest BCUT2D eigenvalue weighted by atomic mass is 10.2. The molecule has 1 aromatic carbocycles. The van der Waals surface area contributed by atoms with Gasteiger partial charge in [-0.25, -0.2) is 13.2 Å². The summed E-state index contributed by atoms with van der Waals surface area (Å²) in [5, 5.41) is 11.8. The van der Waals surface area contributed by atoms with Crippen LogP contribution in [-0.2, 0) is 10.0 Å². The summed E-state index contributed by atoms with van der Waals surface area (Å²) < 4.78 is 30.9. The fraction of sp³-hybridized carbons (Fsp3) is 0. The molecule has 0 aliphatic carbocycles. The van der Waals surface area contributed by atoms with E-state index in [9.17, 15) is 13.2 Å². The minimum absolute atomic E-state index is 0.0675. The van der Waals surface area contributed by atoms with E-state index in [1.807, 2.05) is 0 Å². The first-order chi connectivity index (χ1) is 9.31. The Morgan fingerprint density at radius 1 is 1.35 bits per heavy atom. The zero-order valence-corrected chi connectivity index (χ0v) is 11.8. The van der Waals surface area contributed by atoms with Crippen molar-refractivity contribution in [2.24, 2.45) is 0 Å². The number of nitrogens with one attached hydrogen (secondary N) is 1. The van der Waals surface area contributed by atoms with E-state index in [0.717, 1.165) is 24.6 Å². The summed E-state index contributed by atoms with van der Waals surface area (Å²) in [5.74, 6) is -1.39. The second-order valence-electron chi connectivity index (χ2n) is 3.59. The Morgan fingerprint density at radius 2 is 2.05 bits per heavy atom. The second kappa shape index (κ2) is 5.31. The molecule has 0 aliphatic rings. The van der Waals surface area contributed by atoms with Gasteiger partial charge >= 0.3 is 5.97 Å². The minimum atomic E-state index is -4.12. The third-order valence-corrected chi connectivity index (χ3v) is 4.35. The number of benzene rings is 1. The van der Waals surface area contributed by atoms with Crippen molar-refractivity contribution < 1.29 is 22.8 Å². The van der Waals surface area contributed by atoms with Crippen LogP contribution in [0.15, 0.2) is 34.0 Å². The molecule has 0 saturated heterocycles. The number of nitrogens with zero attached hydrogens (tertiary/aromatic N) is 1. The van der Waals surface area contributed by atoms with E-state index >= 15 is 0 Å². The van der Waals surface area contributed by atoms with Gasteiger partial charge in [0.05, 0.1) is 16.8 Å². The Balaban J connectivity index is 2.54. The maximum absolute atomic E-state index is 12.1. The molecular weight excluding hydrogens is 331 g/mol. The van der Waals surface area contributed by atoms with Gasteiger partial charge in [0.15, 0.2) is 0 Å². The molecule has 0 amide bonds. The van der Waals surface area contributed by atoms with Gasteiger partial charge in [-0.3, -0.25) is 4.72 Å². The van der Waals surface area contributed by atoms with Crippen LogP contribution in [0.4, 0.5) is 5.69 Å². The van der Waals surface area contributed by atoms with Crippen molar-refractivity contribution in [3.8, 4) is 0 Å². The highest BCUT2D eigenvalue weighted by Gasteiger charge is 2.24. The number of sulfonamides is 1. The summed E-state index contributed by atoms with van der Waals surface area (Å²) in [6.07, 6.45) is 2.20. The van der Waals surface area contributed by atoms with Crippen LogP contribution in [0.1, 0.15) is 10.4 Å². The van der Waals surface area contributed by atoms with Crippen LogP contribution in [0.5, 0.6) is 0 Å². The zero-order valence-electron chi connectivity index (χ0n) is 9.50. The molecule has 106 valence electrons. The Labute approximate surface area is 123 Å². The average Bonchev–Trinajstić information content (AvgIpc) is 2.83. The van der Waals surface area contributed by atoms with Crippen molar-refractivity contribution in [2.75, 3.05) is 4.72 Å². The van der Waals surface area contributed by atoms with Gasteiger partial charge in [-0.15, -0.1) is 0 Å². The second-order valence-corrected chi connectivity index (χ2v) is 6.05. The van der Waals surface area contributed by atoms with Crippen LogP contribution in [-0.4, -0.2) is 24.7 Å². The molecule has 0 atom stereocenters. The van der Waals surface area contributed by atoms with Crippen molar-refractivity contribution in [3.63, 3.8) is 0 Å². The standard InChI is InChI=1S/C10H6Cl2N2O5S/c11-5-1-7(10(15)16)9(12)8(2-5)20(17,18)14-6-3-13-19-4-6/h1-4,14H,(H,15,16). The molecular formula is C10H6Cl2N2O5S. The number of aromatic carboxylic acids is 1. The molecule has 0 bridgehead atoms. The number of hydrogen-bond donors (Lipinski definition) is 2. The van der Waals surface area contributed by atoms with Crippen molar-refractivity contribution in [2.45, 2.75) is 4.90 Å². The zero-order chi connectivity index (χ0) is 14.9. The largest absolute Gasteiger partial charge is 0.478 e. The van der Waals surface area contributed by atoms with E-state index in [-0.39, 0.29) is 10.7 Å². The molecule has 1 aromatic heterocycles. The smallest absolute Gasteiger partial charge is 0.337 e. The van der Waals surface area contributed by atoms with Gasteiger partial charge < -0.3 is 9.63 Å². The van der Waals surface area contributed by atoms with Crippen molar-refractivity contribution >= 4 is 44.9 Å². The van der Waals surface area contributed by atoms with E-state index in [0.29, 0.717) is 0 Å². The van der Waals surface area contributed by atoms with Crippen LogP contribution in [0.25, 0.3) is 0 Å². The van der Waals surface area contributed by atoms with Crippen molar-refractivity contribution in [3.05, 3.63) is 40.2 Å². The van der Waals surface area contributed by atoms with E-state index < -0.39 is 31.5 Å². The Kier molecular flexibility index (Phi) is 3.89. The summed E-state index contributed by atoms with van der Waals surface area (Å²) >= 11 is 11.5. The highest BCUT2D eigenvalue weighted by Crippen LogP contribution is 2.30. The number of carboxylic acids is 1. The number of halogens is 2. The molecule has 0 radical (unpaired) electrons.